The lowest BCUT2D eigenvalue weighted by Crippen LogP contribution is -2.57. The summed E-state index contributed by atoms with van der Waals surface area (Å²) in [6.07, 6.45) is 3.15. The second kappa shape index (κ2) is 7.38. The number of rotatable bonds is 7. The molecule has 5 heteroatoms. The van der Waals surface area contributed by atoms with E-state index in [9.17, 15) is 4.79 Å². The number of hydrogen-bond acceptors (Lipinski definition) is 4. The number of carbonyl (C=O) groups is 1. The van der Waals surface area contributed by atoms with Crippen molar-refractivity contribution < 1.29 is 4.79 Å². The Morgan fingerprint density at radius 3 is 2.50 bits per heavy atom. The summed E-state index contributed by atoms with van der Waals surface area (Å²) in [5.41, 5.74) is 4.96. The molecule has 1 aliphatic rings. The van der Waals surface area contributed by atoms with Gasteiger partial charge < -0.3 is 20.9 Å². The first kappa shape index (κ1) is 17.4. The standard InChI is InChI=1S/C15H32N4O/c1-6-17-15(3,14(16)20)11-12(2)19(5)13-7-9-18(4)10-8-13/h12-13,17H,6-11H2,1-5H3,(H2,16,20). The minimum absolute atomic E-state index is 0.261. The van der Waals surface area contributed by atoms with E-state index in [4.69, 9.17) is 5.73 Å². The van der Waals surface area contributed by atoms with E-state index in [2.05, 4.69) is 36.1 Å². The lowest BCUT2D eigenvalue weighted by atomic mass is 9.90. The largest absolute Gasteiger partial charge is 0.368 e. The topological polar surface area (TPSA) is 61.6 Å². The van der Waals surface area contributed by atoms with Crippen LogP contribution < -0.4 is 11.1 Å². The number of nitrogens with zero attached hydrogens (tertiary/aromatic N) is 2. The molecule has 0 aromatic rings. The predicted molar refractivity (Wildman–Crippen MR) is 83.6 cm³/mol. The van der Waals surface area contributed by atoms with Crippen molar-refractivity contribution in [3.05, 3.63) is 0 Å². The Morgan fingerprint density at radius 1 is 1.50 bits per heavy atom. The predicted octanol–water partition coefficient (Wildman–Crippen LogP) is 0.645. The first-order chi connectivity index (χ1) is 9.30. The van der Waals surface area contributed by atoms with Gasteiger partial charge >= 0.3 is 0 Å². The Morgan fingerprint density at radius 2 is 2.05 bits per heavy atom. The van der Waals surface area contributed by atoms with Crippen molar-refractivity contribution in [3.63, 3.8) is 0 Å². The van der Waals surface area contributed by atoms with Gasteiger partial charge in [0.25, 0.3) is 0 Å². The van der Waals surface area contributed by atoms with Crippen LogP contribution in [0.3, 0.4) is 0 Å². The van der Waals surface area contributed by atoms with Crippen LogP contribution in [-0.2, 0) is 4.79 Å². The molecule has 0 radical (unpaired) electrons. The molecular formula is C15H32N4O. The van der Waals surface area contributed by atoms with Gasteiger partial charge in [0.05, 0.1) is 5.54 Å². The molecule has 1 heterocycles. The smallest absolute Gasteiger partial charge is 0.237 e. The maximum absolute atomic E-state index is 11.7. The van der Waals surface area contributed by atoms with Crippen molar-refractivity contribution in [2.75, 3.05) is 33.7 Å². The van der Waals surface area contributed by atoms with E-state index in [-0.39, 0.29) is 5.91 Å². The summed E-state index contributed by atoms with van der Waals surface area (Å²) in [7, 11) is 4.35. The van der Waals surface area contributed by atoms with Crippen molar-refractivity contribution in [3.8, 4) is 0 Å². The van der Waals surface area contributed by atoms with Gasteiger partial charge in [0.15, 0.2) is 0 Å². The van der Waals surface area contributed by atoms with E-state index in [0.29, 0.717) is 12.1 Å². The second-order valence-electron chi connectivity index (χ2n) is 6.48. The zero-order valence-corrected chi connectivity index (χ0v) is 13.8. The summed E-state index contributed by atoms with van der Waals surface area (Å²) in [5.74, 6) is -0.261. The summed E-state index contributed by atoms with van der Waals surface area (Å²) >= 11 is 0. The van der Waals surface area contributed by atoms with Crippen molar-refractivity contribution in [2.45, 2.75) is 57.7 Å². The first-order valence-corrected chi connectivity index (χ1v) is 7.75. The number of primary amides is 1. The summed E-state index contributed by atoms with van der Waals surface area (Å²) in [5, 5.41) is 3.24. The van der Waals surface area contributed by atoms with Gasteiger partial charge in [0, 0.05) is 12.1 Å². The highest BCUT2D eigenvalue weighted by molar-refractivity contribution is 5.84. The van der Waals surface area contributed by atoms with Crippen LogP contribution in [0.5, 0.6) is 0 Å². The number of nitrogens with two attached hydrogens (primary N) is 1. The Labute approximate surface area is 123 Å². The van der Waals surface area contributed by atoms with E-state index in [1.807, 2.05) is 13.8 Å². The first-order valence-electron chi connectivity index (χ1n) is 7.75. The molecule has 5 nitrogen and oxygen atoms in total. The number of piperidine rings is 1. The van der Waals surface area contributed by atoms with Gasteiger partial charge in [-0.3, -0.25) is 4.79 Å². The molecule has 118 valence electrons. The number of amides is 1. The van der Waals surface area contributed by atoms with Gasteiger partial charge in [0.1, 0.15) is 0 Å². The van der Waals surface area contributed by atoms with Gasteiger partial charge in [-0.25, -0.2) is 0 Å². The third kappa shape index (κ3) is 4.43. The van der Waals surface area contributed by atoms with Crippen molar-refractivity contribution in [1.82, 2.24) is 15.1 Å². The molecule has 0 saturated carbocycles. The summed E-state index contributed by atoms with van der Waals surface area (Å²) in [6.45, 7) is 9.18. The fraction of sp³-hybridized carbons (Fsp3) is 0.933. The van der Waals surface area contributed by atoms with Crippen LogP contribution in [0.15, 0.2) is 0 Å². The maximum Gasteiger partial charge on any atom is 0.237 e. The monoisotopic (exact) mass is 284 g/mol. The summed E-state index contributed by atoms with van der Waals surface area (Å²) in [4.78, 5) is 16.5. The molecule has 0 aromatic heterocycles. The normalized spacial score (nSPS) is 22.7. The number of likely N-dealkylation sites (N-methyl/N-ethyl adjacent to an activating group) is 1. The van der Waals surface area contributed by atoms with Crippen LogP contribution in [-0.4, -0.2) is 67.1 Å². The molecule has 1 aliphatic heterocycles. The van der Waals surface area contributed by atoms with Crippen LogP contribution in [0, 0.1) is 0 Å². The molecule has 1 amide bonds. The highest BCUT2D eigenvalue weighted by Crippen LogP contribution is 2.21. The van der Waals surface area contributed by atoms with Crippen molar-refractivity contribution in [1.29, 1.82) is 0 Å². The lowest BCUT2D eigenvalue weighted by Gasteiger charge is -2.41. The van der Waals surface area contributed by atoms with E-state index < -0.39 is 5.54 Å². The third-order valence-corrected chi connectivity index (χ3v) is 4.77. The van der Waals surface area contributed by atoms with Gasteiger partial charge in [0.2, 0.25) is 5.91 Å². The third-order valence-electron chi connectivity index (χ3n) is 4.77. The Kier molecular flexibility index (Phi) is 6.43. The highest BCUT2D eigenvalue weighted by atomic mass is 16.1. The molecule has 0 spiro atoms. The van der Waals surface area contributed by atoms with Crippen LogP contribution >= 0.6 is 0 Å². The van der Waals surface area contributed by atoms with Crippen molar-refractivity contribution in [2.24, 2.45) is 5.73 Å². The average molecular weight is 284 g/mol. The summed E-state index contributed by atoms with van der Waals surface area (Å²) in [6, 6.07) is 0.944. The Hall–Kier alpha value is -0.650. The van der Waals surface area contributed by atoms with E-state index in [1.54, 1.807) is 0 Å². The zero-order chi connectivity index (χ0) is 15.3. The van der Waals surface area contributed by atoms with Gasteiger partial charge in [-0.1, -0.05) is 6.92 Å². The molecular weight excluding hydrogens is 252 g/mol. The molecule has 20 heavy (non-hydrogen) atoms. The number of nitrogens with one attached hydrogen (secondary N) is 1. The summed E-state index contributed by atoms with van der Waals surface area (Å²) < 4.78 is 0. The molecule has 0 bridgehead atoms. The zero-order valence-electron chi connectivity index (χ0n) is 13.8. The van der Waals surface area contributed by atoms with E-state index in [0.717, 1.165) is 26.1 Å². The SMILES string of the molecule is CCNC(C)(CC(C)N(C)C1CCN(C)CC1)C(N)=O. The fourth-order valence-corrected chi connectivity index (χ4v) is 3.15. The molecule has 1 saturated heterocycles. The molecule has 1 fully saturated rings. The van der Waals surface area contributed by atoms with E-state index in [1.165, 1.54) is 12.8 Å². The van der Waals surface area contributed by atoms with E-state index >= 15 is 0 Å². The van der Waals surface area contributed by atoms with Gasteiger partial charge in [-0.05, 0) is 66.8 Å². The quantitative estimate of drug-likeness (QED) is 0.720. The van der Waals surface area contributed by atoms with Gasteiger partial charge in [-0.2, -0.15) is 0 Å². The minimum Gasteiger partial charge on any atom is -0.368 e. The Balaban J connectivity index is 2.59. The molecule has 1 rings (SSSR count). The molecule has 2 unspecified atom stereocenters. The molecule has 0 aromatic carbocycles. The maximum atomic E-state index is 11.7. The van der Waals surface area contributed by atoms with Crippen LogP contribution in [0.4, 0.5) is 0 Å². The molecule has 3 N–H and O–H groups in total. The molecule has 0 aliphatic carbocycles. The molecule has 2 atom stereocenters. The van der Waals surface area contributed by atoms with Gasteiger partial charge in [-0.15, -0.1) is 0 Å². The van der Waals surface area contributed by atoms with Crippen LogP contribution in [0.1, 0.15) is 40.0 Å². The highest BCUT2D eigenvalue weighted by Gasteiger charge is 2.34. The van der Waals surface area contributed by atoms with Crippen LogP contribution in [0.2, 0.25) is 0 Å². The lowest BCUT2D eigenvalue weighted by molar-refractivity contribution is -0.124. The number of likely N-dealkylation sites (tertiary alicyclic amines) is 1. The number of carbonyl (C=O) groups excluding carboxylic acids is 1. The Bertz CT molecular complexity index is 315. The minimum atomic E-state index is -0.617. The number of hydrogen-bond donors (Lipinski definition) is 2. The fourth-order valence-electron chi connectivity index (χ4n) is 3.15. The van der Waals surface area contributed by atoms with Crippen molar-refractivity contribution >= 4 is 5.91 Å². The average Bonchev–Trinajstić information content (AvgIpc) is 2.38. The van der Waals surface area contributed by atoms with Crippen LogP contribution in [0.25, 0.3) is 0 Å². The second-order valence-corrected chi connectivity index (χ2v) is 6.48.